The third-order valence-corrected chi connectivity index (χ3v) is 4.22. The van der Waals surface area contributed by atoms with E-state index in [1.54, 1.807) is 0 Å². The van der Waals surface area contributed by atoms with E-state index in [1.165, 1.54) is 19.3 Å². The second-order valence-corrected chi connectivity index (χ2v) is 5.31. The van der Waals surface area contributed by atoms with Crippen LogP contribution in [0.5, 0.6) is 0 Å². The lowest BCUT2D eigenvalue weighted by Gasteiger charge is -2.20. The summed E-state index contributed by atoms with van der Waals surface area (Å²) in [7, 11) is 2.04. The van der Waals surface area contributed by atoms with Crippen molar-refractivity contribution in [1.29, 1.82) is 0 Å². The molecule has 82 valence electrons. The van der Waals surface area contributed by atoms with Crippen LogP contribution in [-0.2, 0) is 13.5 Å². The Labute approximate surface area is 90.7 Å². The molecule has 1 heterocycles. The minimum atomic E-state index is 0.318. The third-order valence-electron chi connectivity index (χ3n) is 4.22. The van der Waals surface area contributed by atoms with E-state index in [4.69, 9.17) is 5.73 Å². The molecule has 3 rings (SSSR count). The van der Waals surface area contributed by atoms with Gasteiger partial charge in [-0.25, -0.2) is 4.98 Å². The van der Waals surface area contributed by atoms with Crippen LogP contribution in [0, 0.1) is 17.8 Å². The summed E-state index contributed by atoms with van der Waals surface area (Å²) in [6.07, 6.45) is 9.01. The first-order valence-corrected chi connectivity index (χ1v) is 5.96. The average molecular weight is 205 g/mol. The SMILES string of the molecule is Cn1ccnc1CC(N)C1CC2CC2C1. The van der Waals surface area contributed by atoms with E-state index < -0.39 is 0 Å². The van der Waals surface area contributed by atoms with Crippen molar-refractivity contribution in [2.45, 2.75) is 31.7 Å². The maximum Gasteiger partial charge on any atom is 0.109 e. The molecule has 2 aliphatic carbocycles. The van der Waals surface area contributed by atoms with Gasteiger partial charge in [0.05, 0.1) is 0 Å². The van der Waals surface area contributed by atoms with Crippen LogP contribution in [0.2, 0.25) is 0 Å². The zero-order chi connectivity index (χ0) is 10.4. The first-order chi connectivity index (χ1) is 7.24. The molecule has 2 N–H and O–H groups in total. The van der Waals surface area contributed by atoms with E-state index in [0.29, 0.717) is 6.04 Å². The fraction of sp³-hybridized carbons (Fsp3) is 0.750. The Morgan fingerprint density at radius 1 is 1.47 bits per heavy atom. The highest BCUT2D eigenvalue weighted by molar-refractivity contribution is 5.02. The van der Waals surface area contributed by atoms with E-state index in [2.05, 4.69) is 9.55 Å². The minimum absolute atomic E-state index is 0.318. The molecule has 1 aromatic rings. The van der Waals surface area contributed by atoms with E-state index in [-0.39, 0.29) is 0 Å². The molecule has 0 amide bonds. The highest BCUT2D eigenvalue weighted by atomic mass is 15.0. The summed E-state index contributed by atoms with van der Waals surface area (Å²) in [5, 5.41) is 0. The van der Waals surface area contributed by atoms with Gasteiger partial charge in [0.1, 0.15) is 5.82 Å². The van der Waals surface area contributed by atoms with Crippen molar-refractivity contribution >= 4 is 0 Å². The third kappa shape index (κ3) is 1.69. The molecule has 2 fully saturated rings. The second-order valence-electron chi connectivity index (χ2n) is 5.31. The number of aromatic nitrogens is 2. The summed E-state index contributed by atoms with van der Waals surface area (Å²) in [6, 6.07) is 0.318. The molecule has 1 aromatic heterocycles. The number of nitrogens with zero attached hydrogens (tertiary/aromatic N) is 2. The summed E-state index contributed by atoms with van der Waals surface area (Å²) in [4.78, 5) is 4.34. The lowest BCUT2D eigenvalue weighted by Crippen LogP contribution is -2.32. The molecule has 0 spiro atoms. The summed E-state index contributed by atoms with van der Waals surface area (Å²) in [5.41, 5.74) is 6.27. The van der Waals surface area contributed by atoms with Crippen molar-refractivity contribution < 1.29 is 0 Å². The topological polar surface area (TPSA) is 43.8 Å². The van der Waals surface area contributed by atoms with Gasteiger partial charge in [0.25, 0.3) is 0 Å². The molecule has 3 heteroatoms. The van der Waals surface area contributed by atoms with Gasteiger partial charge in [0.15, 0.2) is 0 Å². The Bertz CT molecular complexity index is 348. The van der Waals surface area contributed by atoms with Crippen LogP contribution in [0.3, 0.4) is 0 Å². The van der Waals surface area contributed by atoms with Crippen molar-refractivity contribution in [3.8, 4) is 0 Å². The van der Waals surface area contributed by atoms with E-state index in [1.807, 2.05) is 19.4 Å². The molecule has 3 unspecified atom stereocenters. The summed E-state index contributed by atoms with van der Waals surface area (Å²) >= 11 is 0. The molecule has 2 aliphatic rings. The highest BCUT2D eigenvalue weighted by Gasteiger charge is 2.47. The predicted octanol–water partition coefficient (Wildman–Crippen LogP) is 1.34. The van der Waals surface area contributed by atoms with Crippen molar-refractivity contribution in [3.05, 3.63) is 18.2 Å². The first kappa shape index (κ1) is 9.40. The zero-order valence-electron chi connectivity index (χ0n) is 9.26. The fourth-order valence-electron chi connectivity index (χ4n) is 3.08. The number of aryl methyl sites for hydroxylation is 1. The van der Waals surface area contributed by atoms with Gasteiger partial charge in [-0.1, -0.05) is 0 Å². The van der Waals surface area contributed by atoms with Crippen LogP contribution in [0.4, 0.5) is 0 Å². The average Bonchev–Trinajstić information content (AvgIpc) is 2.64. The Kier molecular flexibility index (Phi) is 2.09. The number of rotatable bonds is 3. The number of imidazole rings is 1. The van der Waals surface area contributed by atoms with Crippen LogP contribution < -0.4 is 5.73 Å². The van der Waals surface area contributed by atoms with Crippen LogP contribution in [0.15, 0.2) is 12.4 Å². The van der Waals surface area contributed by atoms with E-state index in [0.717, 1.165) is 30.0 Å². The van der Waals surface area contributed by atoms with Crippen molar-refractivity contribution in [2.24, 2.45) is 30.5 Å². The largest absolute Gasteiger partial charge is 0.338 e. The summed E-state index contributed by atoms with van der Waals surface area (Å²) in [5.74, 6) is 3.94. The zero-order valence-corrected chi connectivity index (χ0v) is 9.26. The Morgan fingerprint density at radius 2 is 2.20 bits per heavy atom. The van der Waals surface area contributed by atoms with Crippen LogP contribution >= 0.6 is 0 Å². The number of hydrogen-bond acceptors (Lipinski definition) is 2. The summed E-state index contributed by atoms with van der Waals surface area (Å²) in [6.45, 7) is 0. The second kappa shape index (κ2) is 3.34. The molecule has 15 heavy (non-hydrogen) atoms. The highest BCUT2D eigenvalue weighted by Crippen LogP contribution is 2.55. The van der Waals surface area contributed by atoms with E-state index >= 15 is 0 Å². The molecule has 2 saturated carbocycles. The summed E-state index contributed by atoms with van der Waals surface area (Å²) < 4.78 is 2.08. The molecule has 0 bridgehead atoms. The normalized spacial score (nSPS) is 35.2. The minimum Gasteiger partial charge on any atom is -0.338 e. The van der Waals surface area contributed by atoms with Gasteiger partial charge in [-0.3, -0.25) is 0 Å². The van der Waals surface area contributed by atoms with Gasteiger partial charge in [0.2, 0.25) is 0 Å². The monoisotopic (exact) mass is 205 g/mol. The Morgan fingerprint density at radius 3 is 2.80 bits per heavy atom. The van der Waals surface area contributed by atoms with Gasteiger partial charge in [0, 0.05) is 31.9 Å². The van der Waals surface area contributed by atoms with Crippen LogP contribution in [0.1, 0.15) is 25.1 Å². The maximum absolute atomic E-state index is 6.27. The number of hydrogen-bond donors (Lipinski definition) is 1. The van der Waals surface area contributed by atoms with Crippen molar-refractivity contribution in [3.63, 3.8) is 0 Å². The molecule has 0 aliphatic heterocycles. The molecule has 0 aromatic carbocycles. The molecule has 0 radical (unpaired) electrons. The number of fused-ring (bicyclic) bond motifs is 1. The first-order valence-electron chi connectivity index (χ1n) is 5.96. The maximum atomic E-state index is 6.27. The van der Waals surface area contributed by atoms with E-state index in [9.17, 15) is 0 Å². The molecule has 3 nitrogen and oxygen atoms in total. The molecule has 3 atom stereocenters. The lowest BCUT2D eigenvalue weighted by atomic mass is 9.93. The Hall–Kier alpha value is -0.830. The van der Waals surface area contributed by atoms with Gasteiger partial charge in [-0.2, -0.15) is 0 Å². The standard InChI is InChI=1S/C12H19N3/c1-15-3-2-14-12(15)7-11(13)10-5-8-4-9(8)6-10/h2-3,8-11H,4-7,13H2,1H3. The molecular formula is C12H19N3. The predicted molar refractivity (Wildman–Crippen MR) is 59.2 cm³/mol. The lowest BCUT2D eigenvalue weighted by molar-refractivity contribution is 0.386. The van der Waals surface area contributed by atoms with Crippen LogP contribution in [0.25, 0.3) is 0 Å². The van der Waals surface area contributed by atoms with Crippen molar-refractivity contribution in [2.75, 3.05) is 0 Å². The number of nitrogens with two attached hydrogens (primary N) is 1. The van der Waals surface area contributed by atoms with Crippen LogP contribution in [-0.4, -0.2) is 15.6 Å². The smallest absolute Gasteiger partial charge is 0.109 e. The van der Waals surface area contributed by atoms with Gasteiger partial charge < -0.3 is 10.3 Å². The quantitative estimate of drug-likeness (QED) is 0.809. The molecule has 0 saturated heterocycles. The van der Waals surface area contributed by atoms with Crippen molar-refractivity contribution in [1.82, 2.24) is 9.55 Å². The Balaban J connectivity index is 1.61. The fourth-order valence-corrected chi connectivity index (χ4v) is 3.08. The van der Waals surface area contributed by atoms with Gasteiger partial charge in [-0.15, -0.1) is 0 Å². The van der Waals surface area contributed by atoms with Gasteiger partial charge >= 0.3 is 0 Å². The van der Waals surface area contributed by atoms with Gasteiger partial charge in [-0.05, 0) is 37.0 Å². The molecular weight excluding hydrogens is 186 g/mol.